The van der Waals surface area contributed by atoms with Crippen LogP contribution in [0.2, 0.25) is 0 Å². The Kier molecular flexibility index (Phi) is 3.69. The first-order valence-electron chi connectivity index (χ1n) is 7.29. The van der Waals surface area contributed by atoms with E-state index in [1.165, 1.54) is 22.4 Å². The summed E-state index contributed by atoms with van der Waals surface area (Å²) in [4.78, 5) is 11.0. The number of carbonyl (C=O) groups is 1. The SMILES string of the molecule is COc1ccc2c(c1)-c1c(ccn1CCNC(C)=O)CC2. The minimum absolute atomic E-state index is 0.0121. The van der Waals surface area contributed by atoms with Crippen molar-refractivity contribution < 1.29 is 9.53 Å². The van der Waals surface area contributed by atoms with Gasteiger partial charge < -0.3 is 14.6 Å². The van der Waals surface area contributed by atoms with Gasteiger partial charge in [-0.25, -0.2) is 0 Å². The highest BCUT2D eigenvalue weighted by molar-refractivity contribution is 5.73. The maximum Gasteiger partial charge on any atom is 0.216 e. The van der Waals surface area contributed by atoms with Gasteiger partial charge in [0.25, 0.3) is 0 Å². The molecule has 0 fully saturated rings. The summed E-state index contributed by atoms with van der Waals surface area (Å²) >= 11 is 0. The maximum atomic E-state index is 11.0. The van der Waals surface area contributed by atoms with E-state index in [4.69, 9.17) is 4.74 Å². The van der Waals surface area contributed by atoms with E-state index in [1.807, 2.05) is 6.07 Å². The summed E-state index contributed by atoms with van der Waals surface area (Å²) in [5.41, 5.74) is 5.25. The second kappa shape index (κ2) is 5.64. The number of benzene rings is 1. The number of hydrogen-bond donors (Lipinski definition) is 1. The fraction of sp³-hybridized carbons (Fsp3) is 0.353. The minimum atomic E-state index is 0.0121. The van der Waals surface area contributed by atoms with Gasteiger partial charge in [-0.1, -0.05) is 6.07 Å². The molecule has 21 heavy (non-hydrogen) atoms. The van der Waals surface area contributed by atoms with Crippen LogP contribution in [0.1, 0.15) is 18.1 Å². The zero-order valence-electron chi connectivity index (χ0n) is 12.5. The van der Waals surface area contributed by atoms with E-state index in [0.717, 1.165) is 25.1 Å². The average molecular weight is 284 g/mol. The monoisotopic (exact) mass is 284 g/mol. The quantitative estimate of drug-likeness (QED) is 0.937. The molecule has 3 rings (SSSR count). The lowest BCUT2D eigenvalue weighted by Gasteiger charge is -2.20. The first-order chi connectivity index (χ1) is 10.2. The maximum absolute atomic E-state index is 11.0. The van der Waals surface area contributed by atoms with Crippen LogP contribution in [-0.4, -0.2) is 24.1 Å². The summed E-state index contributed by atoms with van der Waals surface area (Å²) < 4.78 is 7.58. The molecule has 1 aliphatic rings. The summed E-state index contributed by atoms with van der Waals surface area (Å²) in [6.07, 6.45) is 4.25. The lowest BCUT2D eigenvalue weighted by atomic mass is 9.90. The van der Waals surface area contributed by atoms with E-state index >= 15 is 0 Å². The Hall–Kier alpha value is -2.23. The lowest BCUT2D eigenvalue weighted by Crippen LogP contribution is -2.24. The average Bonchev–Trinajstić information content (AvgIpc) is 2.90. The van der Waals surface area contributed by atoms with Gasteiger partial charge >= 0.3 is 0 Å². The van der Waals surface area contributed by atoms with Crippen molar-refractivity contribution in [3.05, 3.63) is 41.6 Å². The van der Waals surface area contributed by atoms with E-state index < -0.39 is 0 Å². The van der Waals surface area contributed by atoms with Crippen molar-refractivity contribution in [2.45, 2.75) is 26.3 Å². The Labute approximate surface area is 124 Å². The normalized spacial score (nSPS) is 12.5. The molecule has 1 aromatic carbocycles. The lowest BCUT2D eigenvalue weighted by molar-refractivity contribution is -0.118. The summed E-state index contributed by atoms with van der Waals surface area (Å²) in [6.45, 7) is 2.98. The van der Waals surface area contributed by atoms with Crippen molar-refractivity contribution in [1.29, 1.82) is 0 Å². The minimum Gasteiger partial charge on any atom is -0.497 e. The van der Waals surface area contributed by atoms with Crippen molar-refractivity contribution in [2.75, 3.05) is 13.7 Å². The third-order valence-electron chi connectivity index (χ3n) is 4.01. The molecule has 0 saturated carbocycles. The van der Waals surface area contributed by atoms with Crippen LogP contribution in [-0.2, 0) is 24.2 Å². The molecule has 0 radical (unpaired) electrons. The molecule has 0 atom stereocenters. The standard InChI is InChI=1S/C17H20N2O2/c1-12(20)18-8-10-19-9-7-14-4-3-13-5-6-15(21-2)11-16(13)17(14)19/h5-7,9,11H,3-4,8,10H2,1-2H3,(H,18,20). The highest BCUT2D eigenvalue weighted by atomic mass is 16.5. The number of nitrogens with zero attached hydrogens (tertiary/aromatic N) is 1. The number of nitrogens with one attached hydrogen (secondary N) is 1. The number of hydrogen-bond acceptors (Lipinski definition) is 2. The molecule has 4 nitrogen and oxygen atoms in total. The third kappa shape index (κ3) is 2.66. The molecule has 1 N–H and O–H groups in total. The van der Waals surface area contributed by atoms with Crippen LogP contribution in [0.25, 0.3) is 11.3 Å². The van der Waals surface area contributed by atoms with Gasteiger partial charge in [0, 0.05) is 31.8 Å². The third-order valence-corrected chi connectivity index (χ3v) is 4.01. The fourth-order valence-corrected chi connectivity index (χ4v) is 2.98. The van der Waals surface area contributed by atoms with Crippen LogP contribution in [0.15, 0.2) is 30.5 Å². The van der Waals surface area contributed by atoms with Gasteiger partial charge in [-0.05, 0) is 42.2 Å². The van der Waals surface area contributed by atoms with Crippen LogP contribution in [0.5, 0.6) is 5.75 Å². The Morgan fingerprint density at radius 2 is 2.10 bits per heavy atom. The summed E-state index contributed by atoms with van der Waals surface area (Å²) in [5.74, 6) is 0.898. The van der Waals surface area contributed by atoms with Gasteiger partial charge in [0.1, 0.15) is 5.75 Å². The fourth-order valence-electron chi connectivity index (χ4n) is 2.98. The molecular formula is C17H20N2O2. The molecule has 2 aromatic rings. The number of fused-ring (bicyclic) bond motifs is 3. The van der Waals surface area contributed by atoms with Crippen LogP contribution in [0.4, 0.5) is 0 Å². The number of aryl methyl sites for hydroxylation is 2. The summed E-state index contributed by atoms with van der Waals surface area (Å²) in [7, 11) is 1.70. The molecule has 1 aromatic heterocycles. The zero-order chi connectivity index (χ0) is 14.8. The molecule has 1 heterocycles. The van der Waals surface area contributed by atoms with E-state index in [1.54, 1.807) is 14.0 Å². The van der Waals surface area contributed by atoms with Crippen molar-refractivity contribution in [1.82, 2.24) is 9.88 Å². The molecule has 0 unspecified atom stereocenters. The smallest absolute Gasteiger partial charge is 0.216 e. The number of carbonyl (C=O) groups excluding carboxylic acids is 1. The van der Waals surface area contributed by atoms with Crippen molar-refractivity contribution in [3.8, 4) is 17.0 Å². The Morgan fingerprint density at radius 1 is 1.29 bits per heavy atom. The van der Waals surface area contributed by atoms with Gasteiger partial charge in [0.05, 0.1) is 12.8 Å². The second-order valence-electron chi connectivity index (χ2n) is 5.39. The Balaban J connectivity index is 1.94. The Morgan fingerprint density at radius 3 is 2.86 bits per heavy atom. The van der Waals surface area contributed by atoms with Gasteiger partial charge in [-0.3, -0.25) is 4.79 Å². The van der Waals surface area contributed by atoms with Crippen LogP contribution >= 0.6 is 0 Å². The molecule has 4 heteroatoms. The molecule has 0 spiro atoms. The van der Waals surface area contributed by atoms with E-state index in [0.29, 0.717) is 6.54 Å². The van der Waals surface area contributed by atoms with E-state index in [9.17, 15) is 4.79 Å². The van der Waals surface area contributed by atoms with E-state index in [2.05, 4.69) is 34.3 Å². The first kappa shape index (κ1) is 13.7. The molecule has 110 valence electrons. The second-order valence-corrected chi connectivity index (χ2v) is 5.39. The number of methoxy groups -OCH3 is 1. The topological polar surface area (TPSA) is 43.3 Å². The van der Waals surface area contributed by atoms with Crippen molar-refractivity contribution in [3.63, 3.8) is 0 Å². The van der Waals surface area contributed by atoms with Crippen LogP contribution in [0.3, 0.4) is 0 Å². The van der Waals surface area contributed by atoms with Gasteiger partial charge in [-0.2, -0.15) is 0 Å². The molecule has 0 saturated heterocycles. The van der Waals surface area contributed by atoms with Gasteiger partial charge in [-0.15, -0.1) is 0 Å². The molecular weight excluding hydrogens is 264 g/mol. The summed E-state index contributed by atoms with van der Waals surface area (Å²) in [5, 5.41) is 2.85. The van der Waals surface area contributed by atoms with Gasteiger partial charge in [0.15, 0.2) is 0 Å². The number of aromatic nitrogens is 1. The highest BCUT2D eigenvalue weighted by Gasteiger charge is 2.20. The van der Waals surface area contributed by atoms with Crippen molar-refractivity contribution >= 4 is 5.91 Å². The highest BCUT2D eigenvalue weighted by Crippen LogP contribution is 2.36. The number of ether oxygens (including phenoxy) is 1. The van der Waals surface area contributed by atoms with Gasteiger partial charge in [0.2, 0.25) is 5.91 Å². The van der Waals surface area contributed by atoms with Crippen LogP contribution in [0, 0.1) is 0 Å². The number of amides is 1. The molecule has 0 aliphatic heterocycles. The summed E-state index contributed by atoms with van der Waals surface area (Å²) in [6, 6.07) is 8.48. The van der Waals surface area contributed by atoms with E-state index in [-0.39, 0.29) is 5.91 Å². The van der Waals surface area contributed by atoms with Crippen LogP contribution < -0.4 is 10.1 Å². The molecule has 0 bridgehead atoms. The molecule has 1 aliphatic carbocycles. The largest absolute Gasteiger partial charge is 0.497 e. The Bertz CT molecular complexity index is 673. The zero-order valence-corrected chi connectivity index (χ0v) is 12.5. The van der Waals surface area contributed by atoms with Crippen molar-refractivity contribution in [2.24, 2.45) is 0 Å². The molecule has 1 amide bonds. The predicted molar refractivity (Wildman–Crippen MR) is 82.5 cm³/mol. The first-order valence-corrected chi connectivity index (χ1v) is 7.29. The number of rotatable bonds is 4. The predicted octanol–water partition coefficient (Wildman–Crippen LogP) is 2.40.